The van der Waals surface area contributed by atoms with Gasteiger partial charge >= 0.3 is 0 Å². The molecule has 1 atom stereocenters. The van der Waals surface area contributed by atoms with Crippen LogP contribution >= 0.6 is 0 Å². The maximum absolute atomic E-state index is 13.4. The molecule has 2 fully saturated rings. The molecule has 2 aliphatic rings. The van der Waals surface area contributed by atoms with Crippen LogP contribution in [0.1, 0.15) is 25.7 Å². The zero-order valence-corrected chi connectivity index (χ0v) is 6.85. The molecule has 11 heavy (non-hydrogen) atoms. The summed E-state index contributed by atoms with van der Waals surface area (Å²) in [7, 11) is 0. The fraction of sp³-hybridized carbons (Fsp3) is 1.00. The molecule has 64 valence electrons. The Morgan fingerprint density at radius 1 is 1.00 bits per heavy atom. The lowest BCUT2D eigenvalue weighted by atomic mass is 9.91. The van der Waals surface area contributed by atoms with Gasteiger partial charge in [0.15, 0.2) is 0 Å². The standard InChI is InChI=1S/C9H16FN/c10-9(7-1-2-7)8-3-5-11-6-4-8/h7-9,11H,1-6H2. The summed E-state index contributed by atoms with van der Waals surface area (Å²) in [4.78, 5) is 0. The molecular formula is C9H16FN. The van der Waals surface area contributed by atoms with E-state index in [4.69, 9.17) is 0 Å². The lowest BCUT2D eigenvalue weighted by molar-refractivity contribution is 0.165. The van der Waals surface area contributed by atoms with E-state index < -0.39 is 6.17 Å². The highest BCUT2D eigenvalue weighted by molar-refractivity contribution is 4.87. The van der Waals surface area contributed by atoms with E-state index in [1.165, 1.54) is 0 Å². The predicted octanol–water partition coefficient (Wildman–Crippen LogP) is 1.73. The molecule has 1 aliphatic carbocycles. The van der Waals surface area contributed by atoms with Gasteiger partial charge in [-0.3, -0.25) is 0 Å². The van der Waals surface area contributed by atoms with E-state index in [1.807, 2.05) is 0 Å². The van der Waals surface area contributed by atoms with Crippen molar-refractivity contribution in [3.8, 4) is 0 Å². The fourth-order valence-electron chi connectivity index (χ4n) is 1.96. The van der Waals surface area contributed by atoms with Gasteiger partial charge in [0, 0.05) is 0 Å². The summed E-state index contributed by atoms with van der Waals surface area (Å²) in [6, 6.07) is 0. The topological polar surface area (TPSA) is 12.0 Å². The highest BCUT2D eigenvalue weighted by atomic mass is 19.1. The zero-order valence-electron chi connectivity index (χ0n) is 6.85. The lowest BCUT2D eigenvalue weighted by Gasteiger charge is -2.25. The summed E-state index contributed by atoms with van der Waals surface area (Å²) in [5.41, 5.74) is 0. The second-order valence-electron chi connectivity index (χ2n) is 3.87. The summed E-state index contributed by atoms with van der Waals surface area (Å²) in [6.07, 6.45) is 3.92. The number of nitrogens with one attached hydrogen (secondary N) is 1. The van der Waals surface area contributed by atoms with Crippen LogP contribution in [-0.2, 0) is 0 Å². The molecule has 0 aromatic rings. The van der Waals surface area contributed by atoms with Gasteiger partial charge in [-0.25, -0.2) is 4.39 Å². The van der Waals surface area contributed by atoms with Crippen LogP contribution in [0, 0.1) is 11.8 Å². The number of halogens is 1. The minimum atomic E-state index is -0.475. The smallest absolute Gasteiger partial charge is 0.106 e. The maximum atomic E-state index is 13.4. The summed E-state index contributed by atoms with van der Waals surface area (Å²) in [5.74, 6) is 0.821. The van der Waals surface area contributed by atoms with Crippen LogP contribution in [0.5, 0.6) is 0 Å². The van der Waals surface area contributed by atoms with Crippen molar-refractivity contribution in [1.29, 1.82) is 0 Å². The number of hydrogen-bond donors (Lipinski definition) is 1. The van der Waals surface area contributed by atoms with Crippen molar-refractivity contribution in [2.75, 3.05) is 13.1 Å². The quantitative estimate of drug-likeness (QED) is 0.643. The monoisotopic (exact) mass is 157 g/mol. The van der Waals surface area contributed by atoms with Gasteiger partial charge in [0.25, 0.3) is 0 Å². The normalized spacial score (nSPS) is 30.3. The molecule has 0 amide bonds. The van der Waals surface area contributed by atoms with Crippen LogP contribution in [0.15, 0.2) is 0 Å². The molecule has 0 radical (unpaired) electrons. The summed E-state index contributed by atoms with van der Waals surface area (Å²) >= 11 is 0. The Bertz CT molecular complexity index is 128. The van der Waals surface area contributed by atoms with Crippen LogP contribution in [0.3, 0.4) is 0 Å². The molecule has 0 spiro atoms. The van der Waals surface area contributed by atoms with Crippen molar-refractivity contribution in [2.45, 2.75) is 31.9 Å². The minimum Gasteiger partial charge on any atom is -0.317 e. The number of hydrogen-bond acceptors (Lipinski definition) is 1. The largest absolute Gasteiger partial charge is 0.317 e. The van der Waals surface area contributed by atoms with Gasteiger partial charge in [-0.15, -0.1) is 0 Å². The molecule has 0 aromatic heterocycles. The number of alkyl halides is 1. The summed E-state index contributed by atoms with van der Waals surface area (Å²) in [5, 5.41) is 3.26. The Morgan fingerprint density at radius 2 is 1.55 bits per heavy atom. The van der Waals surface area contributed by atoms with E-state index in [2.05, 4.69) is 5.32 Å². The second kappa shape index (κ2) is 3.10. The van der Waals surface area contributed by atoms with Crippen molar-refractivity contribution in [3.63, 3.8) is 0 Å². The van der Waals surface area contributed by atoms with Crippen molar-refractivity contribution in [2.24, 2.45) is 11.8 Å². The van der Waals surface area contributed by atoms with Gasteiger partial charge < -0.3 is 5.32 Å². The molecule has 1 aliphatic heterocycles. The van der Waals surface area contributed by atoms with E-state index in [-0.39, 0.29) is 0 Å². The molecule has 1 N–H and O–H groups in total. The maximum Gasteiger partial charge on any atom is 0.106 e. The van der Waals surface area contributed by atoms with Gasteiger partial charge in [-0.05, 0) is 50.6 Å². The van der Waals surface area contributed by atoms with Crippen LogP contribution < -0.4 is 5.32 Å². The van der Waals surface area contributed by atoms with Crippen molar-refractivity contribution in [3.05, 3.63) is 0 Å². The Hall–Kier alpha value is -0.110. The molecule has 0 aromatic carbocycles. The molecule has 1 unspecified atom stereocenters. The van der Waals surface area contributed by atoms with Gasteiger partial charge in [0.05, 0.1) is 0 Å². The fourth-order valence-corrected chi connectivity index (χ4v) is 1.96. The molecule has 1 nitrogen and oxygen atoms in total. The average molecular weight is 157 g/mol. The van der Waals surface area contributed by atoms with Crippen molar-refractivity contribution >= 4 is 0 Å². The van der Waals surface area contributed by atoms with E-state index in [9.17, 15) is 4.39 Å². The van der Waals surface area contributed by atoms with E-state index in [0.717, 1.165) is 38.8 Å². The first kappa shape index (κ1) is 7.53. The first-order valence-electron chi connectivity index (χ1n) is 4.72. The molecule has 1 saturated carbocycles. The van der Waals surface area contributed by atoms with Crippen LogP contribution in [0.25, 0.3) is 0 Å². The van der Waals surface area contributed by atoms with Gasteiger partial charge in [0.1, 0.15) is 6.17 Å². The van der Waals surface area contributed by atoms with E-state index in [0.29, 0.717) is 11.8 Å². The Morgan fingerprint density at radius 3 is 2.09 bits per heavy atom. The highest BCUT2D eigenvalue weighted by Gasteiger charge is 2.36. The molecule has 2 rings (SSSR count). The molecule has 1 heterocycles. The zero-order chi connectivity index (χ0) is 7.68. The minimum absolute atomic E-state index is 0.378. The summed E-state index contributed by atoms with van der Waals surface area (Å²) in [6.45, 7) is 2.05. The first-order chi connectivity index (χ1) is 5.38. The number of rotatable bonds is 2. The Balaban J connectivity index is 1.81. The SMILES string of the molecule is FC(C1CCNCC1)C1CC1. The third-order valence-corrected chi connectivity index (χ3v) is 2.91. The van der Waals surface area contributed by atoms with Crippen LogP contribution in [0.2, 0.25) is 0 Å². The molecule has 0 bridgehead atoms. The Kier molecular flexibility index (Phi) is 2.12. The third kappa shape index (κ3) is 1.73. The molecular weight excluding hydrogens is 141 g/mol. The van der Waals surface area contributed by atoms with Gasteiger partial charge in [-0.2, -0.15) is 0 Å². The average Bonchev–Trinajstić information content (AvgIpc) is 2.87. The third-order valence-electron chi connectivity index (χ3n) is 2.91. The van der Waals surface area contributed by atoms with Crippen molar-refractivity contribution in [1.82, 2.24) is 5.32 Å². The predicted molar refractivity (Wildman–Crippen MR) is 43.2 cm³/mol. The highest BCUT2D eigenvalue weighted by Crippen LogP contribution is 2.39. The lowest BCUT2D eigenvalue weighted by Crippen LogP contribution is -2.33. The van der Waals surface area contributed by atoms with Gasteiger partial charge in [-0.1, -0.05) is 0 Å². The van der Waals surface area contributed by atoms with E-state index in [1.54, 1.807) is 0 Å². The van der Waals surface area contributed by atoms with E-state index >= 15 is 0 Å². The van der Waals surface area contributed by atoms with Crippen LogP contribution in [0.4, 0.5) is 4.39 Å². The molecule has 2 heteroatoms. The van der Waals surface area contributed by atoms with Gasteiger partial charge in [0.2, 0.25) is 0 Å². The molecule has 1 saturated heterocycles. The summed E-state index contributed by atoms with van der Waals surface area (Å²) < 4.78 is 13.4. The number of piperidine rings is 1. The second-order valence-corrected chi connectivity index (χ2v) is 3.87. The van der Waals surface area contributed by atoms with Crippen LogP contribution in [-0.4, -0.2) is 19.3 Å². The van der Waals surface area contributed by atoms with Crippen molar-refractivity contribution < 1.29 is 4.39 Å². The first-order valence-corrected chi connectivity index (χ1v) is 4.72. The Labute approximate surface area is 67.4 Å².